The topological polar surface area (TPSA) is 53.4 Å². The molecule has 0 fully saturated rings. The lowest BCUT2D eigenvalue weighted by Gasteiger charge is -2.20. The summed E-state index contributed by atoms with van der Waals surface area (Å²) in [6.07, 6.45) is 0. The molecule has 32 heavy (non-hydrogen) atoms. The summed E-state index contributed by atoms with van der Waals surface area (Å²) in [4.78, 5) is 8.75. The number of nitrogens with zero attached hydrogens (tertiary/aromatic N) is 4. The van der Waals surface area contributed by atoms with Crippen LogP contribution in [0.25, 0.3) is 0 Å². The van der Waals surface area contributed by atoms with Crippen molar-refractivity contribution in [3.8, 4) is 11.5 Å². The quantitative estimate of drug-likeness (QED) is 0.586. The Morgan fingerprint density at radius 1 is 0.562 bits per heavy atom. The molecule has 0 bridgehead atoms. The van der Waals surface area contributed by atoms with Crippen LogP contribution in [-0.2, 0) is 13.1 Å². The maximum atomic E-state index is 9.72. The second-order valence-electron chi connectivity index (χ2n) is 9.35. The van der Waals surface area contributed by atoms with Crippen LogP contribution in [0.4, 0.5) is 0 Å². The van der Waals surface area contributed by atoms with E-state index in [0.29, 0.717) is 11.5 Å². The first-order valence-electron chi connectivity index (χ1n) is 11.2. The molecule has 0 saturated carbocycles. The van der Waals surface area contributed by atoms with Gasteiger partial charge in [-0.25, -0.2) is 0 Å². The normalized spacial score (nSPS) is 11.4. The first-order chi connectivity index (χ1) is 15.0. The van der Waals surface area contributed by atoms with Gasteiger partial charge in [-0.2, -0.15) is 0 Å². The molecule has 0 aliphatic carbocycles. The van der Waals surface area contributed by atoms with Gasteiger partial charge in [0.1, 0.15) is 11.5 Å². The minimum Gasteiger partial charge on any atom is -0.508 e. The van der Waals surface area contributed by atoms with Crippen molar-refractivity contribution in [2.24, 2.45) is 0 Å². The van der Waals surface area contributed by atoms with E-state index in [2.05, 4.69) is 61.9 Å². The van der Waals surface area contributed by atoms with Gasteiger partial charge in [-0.05, 0) is 68.3 Å². The van der Waals surface area contributed by atoms with E-state index in [-0.39, 0.29) is 0 Å². The zero-order valence-corrected chi connectivity index (χ0v) is 21.4. The lowest BCUT2D eigenvalue weighted by Crippen LogP contribution is -2.28. The standard InChI is InChI=1S/2C13H22N2O/c2*1-11-5-6-13(16)12(9-11)10-15(4)8-7-14(2)3/h2*5-6,9,16H,7-8,10H2,1-4H3. The highest BCUT2D eigenvalue weighted by atomic mass is 16.3. The molecule has 6 nitrogen and oxygen atoms in total. The zero-order chi connectivity index (χ0) is 24.3. The average Bonchev–Trinajstić information content (AvgIpc) is 2.71. The van der Waals surface area contributed by atoms with Crippen molar-refractivity contribution in [2.45, 2.75) is 26.9 Å². The maximum Gasteiger partial charge on any atom is 0.120 e. The summed E-state index contributed by atoms with van der Waals surface area (Å²) in [6.45, 7) is 9.74. The Kier molecular flexibility index (Phi) is 12.3. The molecule has 2 aromatic rings. The number of benzene rings is 2. The summed E-state index contributed by atoms with van der Waals surface area (Å²) in [5.41, 5.74) is 4.38. The molecule has 2 rings (SSSR count). The van der Waals surface area contributed by atoms with E-state index >= 15 is 0 Å². The number of phenolic OH excluding ortho intramolecular Hbond substituents is 2. The van der Waals surface area contributed by atoms with E-state index in [1.807, 2.05) is 38.1 Å². The van der Waals surface area contributed by atoms with Gasteiger partial charge in [0.05, 0.1) is 0 Å². The molecule has 0 unspecified atom stereocenters. The van der Waals surface area contributed by atoms with Crippen molar-refractivity contribution in [2.75, 3.05) is 68.5 Å². The zero-order valence-electron chi connectivity index (χ0n) is 21.4. The highest BCUT2D eigenvalue weighted by molar-refractivity contribution is 5.36. The monoisotopic (exact) mass is 444 g/mol. The average molecular weight is 445 g/mol. The number of likely N-dealkylation sites (N-methyl/N-ethyl adjacent to an activating group) is 4. The molecule has 180 valence electrons. The van der Waals surface area contributed by atoms with Crippen LogP contribution in [0.3, 0.4) is 0 Å². The molecular formula is C26H44N4O2. The number of phenols is 2. The second kappa shape index (κ2) is 14.1. The largest absolute Gasteiger partial charge is 0.508 e. The van der Waals surface area contributed by atoms with E-state index in [1.54, 1.807) is 12.1 Å². The van der Waals surface area contributed by atoms with Crippen molar-refractivity contribution in [3.05, 3.63) is 58.7 Å². The Bertz CT molecular complexity index is 741. The molecule has 0 amide bonds. The summed E-state index contributed by atoms with van der Waals surface area (Å²) in [5, 5.41) is 19.4. The van der Waals surface area contributed by atoms with E-state index < -0.39 is 0 Å². The minimum absolute atomic E-state index is 0.391. The fourth-order valence-corrected chi connectivity index (χ4v) is 3.16. The van der Waals surface area contributed by atoms with Crippen LogP contribution < -0.4 is 0 Å². The molecule has 0 atom stereocenters. The van der Waals surface area contributed by atoms with Crippen molar-refractivity contribution in [1.29, 1.82) is 0 Å². The predicted octanol–water partition coefficient (Wildman–Crippen LogP) is 3.39. The van der Waals surface area contributed by atoms with Crippen LogP contribution in [0.2, 0.25) is 0 Å². The van der Waals surface area contributed by atoms with Gasteiger partial charge in [-0.3, -0.25) is 0 Å². The van der Waals surface area contributed by atoms with E-state index in [4.69, 9.17) is 0 Å². The van der Waals surface area contributed by atoms with Crippen LogP contribution in [0.5, 0.6) is 11.5 Å². The predicted molar refractivity (Wildman–Crippen MR) is 135 cm³/mol. The van der Waals surface area contributed by atoms with Crippen molar-refractivity contribution in [3.63, 3.8) is 0 Å². The number of aromatic hydroxyl groups is 2. The van der Waals surface area contributed by atoms with Gasteiger partial charge in [0.2, 0.25) is 0 Å². The van der Waals surface area contributed by atoms with Gasteiger partial charge in [0.25, 0.3) is 0 Å². The third-order valence-electron chi connectivity index (χ3n) is 5.21. The van der Waals surface area contributed by atoms with Gasteiger partial charge in [0, 0.05) is 50.4 Å². The molecule has 6 heteroatoms. The maximum absolute atomic E-state index is 9.72. The van der Waals surface area contributed by atoms with Crippen LogP contribution in [0.1, 0.15) is 22.3 Å². The third-order valence-corrected chi connectivity index (χ3v) is 5.21. The minimum atomic E-state index is 0.391. The molecule has 0 aliphatic heterocycles. The van der Waals surface area contributed by atoms with Crippen molar-refractivity contribution >= 4 is 0 Å². The Morgan fingerprint density at radius 2 is 0.906 bits per heavy atom. The van der Waals surface area contributed by atoms with Gasteiger partial charge in [-0.1, -0.05) is 35.4 Å². The summed E-state index contributed by atoms with van der Waals surface area (Å²) in [5.74, 6) is 0.782. The lowest BCUT2D eigenvalue weighted by atomic mass is 10.1. The SMILES string of the molecule is Cc1ccc(O)c(CN(C)CCN(C)C)c1.Cc1ccc(O)c(CN(C)CCN(C)C)c1. The molecule has 0 saturated heterocycles. The first-order valence-corrected chi connectivity index (χ1v) is 11.2. The molecular weight excluding hydrogens is 400 g/mol. The molecule has 0 aliphatic rings. The van der Waals surface area contributed by atoms with Gasteiger partial charge in [0.15, 0.2) is 0 Å². The van der Waals surface area contributed by atoms with Crippen molar-refractivity contribution < 1.29 is 10.2 Å². The number of hydrogen-bond donors (Lipinski definition) is 2. The van der Waals surface area contributed by atoms with Crippen LogP contribution in [-0.4, -0.2) is 98.3 Å². The van der Waals surface area contributed by atoms with E-state index in [0.717, 1.165) is 50.4 Å². The molecule has 0 heterocycles. The summed E-state index contributed by atoms with van der Waals surface area (Å²) in [7, 11) is 12.4. The Morgan fingerprint density at radius 3 is 1.22 bits per heavy atom. The fraction of sp³-hybridized carbons (Fsp3) is 0.538. The Hall–Kier alpha value is -2.12. The van der Waals surface area contributed by atoms with Crippen LogP contribution in [0.15, 0.2) is 36.4 Å². The molecule has 2 N–H and O–H groups in total. The van der Waals surface area contributed by atoms with Gasteiger partial charge < -0.3 is 29.8 Å². The number of rotatable bonds is 10. The highest BCUT2D eigenvalue weighted by Crippen LogP contribution is 2.20. The summed E-state index contributed by atoms with van der Waals surface area (Å²) < 4.78 is 0. The molecule has 0 aromatic heterocycles. The summed E-state index contributed by atoms with van der Waals surface area (Å²) >= 11 is 0. The van der Waals surface area contributed by atoms with E-state index in [9.17, 15) is 10.2 Å². The second-order valence-corrected chi connectivity index (χ2v) is 9.35. The fourth-order valence-electron chi connectivity index (χ4n) is 3.16. The van der Waals surface area contributed by atoms with Crippen LogP contribution in [0, 0.1) is 13.8 Å². The van der Waals surface area contributed by atoms with Gasteiger partial charge in [-0.15, -0.1) is 0 Å². The third kappa shape index (κ3) is 11.5. The van der Waals surface area contributed by atoms with Gasteiger partial charge >= 0.3 is 0 Å². The van der Waals surface area contributed by atoms with Crippen LogP contribution >= 0.6 is 0 Å². The number of aryl methyl sites for hydroxylation is 2. The van der Waals surface area contributed by atoms with Crippen molar-refractivity contribution in [1.82, 2.24) is 19.6 Å². The lowest BCUT2D eigenvalue weighted by molar-refractivity contribution is 0.273. The van der Waals surface area contributed by atoms with E-state index in [1.165, 1.54) is 11.1 Å². The number of hydrogen-bond acceptors (Lipinski definition) is 6. The molecule has 0 radical (unpaired) electrons. The molecule has 2 aromatic carbocycles. The Labute approximate surface area is 195 Å². The highest BCUT2D eigenvalue weighted by Gasteiger charge is 2.06. The molecule has 0 spiro atoms. The Balaban J connectivity index is 0.000000320. The first kappa shape index (κ1) is 27.9. The summed E-state index contributed by atoms with van der Waals surface area (Å²) in [6, 6.07) is 11.5. The smallest absolute Gasteiger partial charge is 0.120 e.